The molecule has 6 heteroatoms. The molecule has 0 saturated carbocycles. The molecule has 0 amide bonds. The molecule has 0 aliphatic carbocycles. The molecule has 0 N–H and O–H groups in total. The molecule has 0 radical (unpaired) electrons. The van der Waals surface area contributed by atoms with Crippen LogP contribution in [-0.4, -0.2) is 19.4 Å². The van der Waals surface area contributed by atoms with Crippen LogP contribution in [0.3, 0.4) is 0 Å². The molecule has 1 aliphatic rings. The molecule has 0 bridgehead atoms. The van der Waals surface area contributed by atoms with E-state index in [2.05, 4.69) is 0 Å². The van der Waals surface area contributed by atoms with Gasteiger partial charge in [0.05, 0.1) is 7.11 Å². The molecule has 0 fully saturated rings. The molecule has 2 atom stereocenters. The van der Waals surface area contributed by atoms with E-state index in [1.165, 1.54) is 7.11 Å². The number of ether oxygens (including phenoxy) is 3. The predicted molar refractivity (Wildman–Crippen MR) is 79.7 cm³/mol. The molecule has 1 aliphatic heterocycles. The van der Waals surface area contributed by atoms with Crippen molar-refractivity contribution in [3.63, 3.8) is 0 Å². The van der Waals surface area contributed by atoms with Crippen LogP contribution in [-0.2, 0) is 19.9 Å². The van der Waals surface area contributed by atoms with Gasteiger partial charge >= 0.3 is 12.3 Å². The summed E-state index contributed by atoms with van der Waals surface area (Å²) >= 11 is 7.64. The quantitative estimate of drug-likeness (QED) is 0.792. The number of carbonyl (C=O) groups excluding carboxylic acids is 1. The maximum atomic E-state index is 11.8. The van der Waals surface area contributed by atoms with Crippen molar-refractivity contribution >= 4 is 28.9 Å². The Morgan fingerprint density at radius 3 is 2.90 bits per heavy atom. The Balaban J connectivity index is 2.14. The van der Waals surface area contributed by atoms with E-state index in [1.807, 2.05) is 24.4 Å². The Kier molecular flexibility index (Phi) is 3.65. The number of hydrogen-bond donors (Lipinski definition) is 0. The minimum atomic E-state index is -1.10. The Labute approximate surface area is 131 Å². The summed E-state index contributed by atoms with van der Waals surface area (Å²) in [6.07, 6.45) is -1.10. The van der Waals surface area contributed by atoms with Crippen LogP contribution >= 0.6 is 22.9 Å². The van der Waals surface area contributed by atoms with Crippen molar-refractivity contribution in [2.24, 2.45) is 0 Å². The van der Waals surface area contributed by atoms with Crippen LogP contribution < -0.4 is 4.74 Å². The summed E-state index contributed by atoms with van der Waals surface area (Å²) in [5.41, 5.74) is -0.0245. The van der Waals surface area contributed by atoms with Crippen molar-refractivity contribution in [1.82, 2.24) is 0 Å². The highest BCUT2D eigenvalue weighted by Gasteiger charge is 2.44. The molecule has 110 valence electrons. The average molecular weight is 325 g/mol. The topological polar surface area (TPSA) is 44.8 Å². The number of methoxy groups -OCH3 is 1. The van der Waals surface area contributed by atoms with Crippen molar-refractivity contribution in [3.8, 4) is 5.75 Å². The van der Waals surface area contributed by atoms with Crippen molar-refractivity contribution in [1.29, 1.82) is 0 Å². The Morgan fingerprint density at radius 1 is 1.43 bits per heavy atom. The van der Waals surface area contributed by atoms with Gasteiger partial charge < -0.3 is 14.2 Å². The zero-order valence-corrected chi connectivity index (χ0v) is 13.0. The summed E-state index contributed by atoms with van der Waals surface area (Å²) in [7, 11) is 1.30. The third-order valence-electron chi connectivity index (χ3n) is 3.42. The van der Waals surface area contributed by atoms with Crippen molar-refractivity contribution in [3.05, 3.63) is 51.2 Å². The van der Waals surface area contributed by atoms with E-state index >= 15 is 0 Å². The first-order valence-corrected chi connectivity index (χ1v) is 7.56. The van der Waals surface area contributed by atoms with Gasteiger partial charge in [-0.25, -0.2) is 4.79 Å². The second-order valence-electron chi connectivity index (χ2n) is 4.74. The minimum absolute atomic E-state index is 0.567. The van der Waals surface area contributed by atoms with Gasteiger partial charge in [-0.1, -0.05) is 17.7 Å². The first-order valence-electron chi connectivity index (χ1n) is 6.31. The van der Waals surface area contributed by atoms with Gasteiger partial charge in [0.2, 0.25) is 0 Å². The molecule has 2 aromatic rings. The van der Waals surface area contributed by atoms with Crippen molar-refractivity contribution in [2.45, 2.75) is 18.8 Å². The lowest BCUT2D eigenvalue weighted by molar-refractivity contribution is -0.203. The summed E-state index contributed by atoms with van der Waals surface area (Å²) in [6.45, 7) is 1.90. The van der Waals surface area contributed by atoms with Gasteiger partial charge in [0.25, 0.3) is 0 Å². The fraction of sp³-hybridized carbons (Fsp3) is 0.267. The van der Waals surface area contributed by atoms with Gasteiger partial charge in [0, 0.05) is 15.5 Å². The van der Waals surface area contributed by atoms with E-state index in [0.29, 0.717) is 10.8 Å². The molecule has 1 aromatic heterocycles. The lowest BCUT2D eigenvalue weighted by Gasteiger charge is -2.38. The second-order valence-corrected chi connectivity index (χ2v) is 6.13. The largest absolute Gasteiger partial charge is 0.464 e. The fourth-order valence-electron chi connectivity index (χ4n) is 2.33. The standard InChI is InChI=1S/C15H13ClO4S/c1-15(12-4-3-7-21-12)10-8-9(16)5-6-11(10)19-14(20-15)13(17)18-2/h3-8,14H,1-2H3/t14-,15+/m0/s1. The van der Waals surface area contributed by atoms with Gasteiger partial charge in [0.15, 0.2) is 0 Å². The van der Waals surface area contributed by atoms with Gasteiger partial charge in [-0.3, -0.25) is 0 Å². The summed E-state index contributed by atoms with van der Waals surface area (Å²) < 4.78 is 16.2. The molecule has 3 rings (SSSR count). The first-order chi connectivity index (χ1) is 10.0. The van der Waals surface area contributed by atoms with Crippen LogP contribution in [0, 0.1) is 0 Å². The van der Waals surface area contributed by atoms with Crippen LogP contribution in [0.2, 0.25) is 5.02 Å². The number of fused-ring (bicyclic) bond motifs is 1. The summed E-state index contributed by atoms with van der Waals surface area (Å²) in [4.78, 5) is 12.8. The molecule has 0 spiro atoms. The predicted octanol–water partition coefficient (Wildman–Crippen LogP) is 3.57. The zero-order chi connectivity index (χ0) is 15.0. The maximum absolute atomic E-state index is 11.8. The van der Waals surface area contributed by atoms with E-state index in [0.717, 1.165) is 10.4 Å². The molecule has 2 heterocycles. The maximum Gasteiger partial charge on any atom is 0.376 e. The molecule has 21 heavy (non-hydrogen) atoms. The minimum Gasteiger partial charge on any atom is -0.464 e. The Hall–Kier alpha value is -1.56. The van der Waals surface area contributed by atoms with Crippen LogP contribution in [0.5, 0.6) is 5.75 Å². The Morgan fingerprint density at radius 2 is 2.24 bits per heavy atom. The van der Waals surface area contributed by atoms with Crippen LogP contribution in [0.25, 0.3) is 0 Å². The van der Waals surface area contributed by atoms with Crippen LogP contribution in [0.4, 0.5) is 0 Å². The number of rotatable bonds is 2. The third-order valence-corrected chi connectivity index (χ3v) is 4.73. The highest BCUT2D eigenvalue weighted by atomic mass is 35.5. The monoisotopic (exact) mass is 324 g/mol. The number of thiophene rings is 1. The molecule has 0 unspecified atom stereocenters. The second kappa shape index (κ2) is 5.33. The molecular weight excluding hydrogens is 312 g/mol. The zero-order valence-electron chi connectivity index (χ0n) is 11.5. The van der Waals surface area contributed by atoms with E-state index in [9.17, 15) is 4.79 Å². The summed E-state index contributed by atoms with van der Waals surface area (Å²) in [6, 6.07) is 9.14. The van der Waals surface area contributed by atoms with Crippen LogP contribution in [0.1, 0.15) is 17.4 Å². The average Bonchev–Trinajstić information content (AvgIpc) is 3.02. The van der Waals surface area contributed by atoms with E-state index < -0.39 is 17.9 Å². The lowest BCUT2D eigenvalue weighted by atomic mass is 9.92. The number of esters is 1. The SMILES string of the molecule is COC(=O)[C@H]1Oc2ccc(Cl)cc2[C@](C)(c2cccs2)O1. The normalized spacial score (nSPS) is 24.0. The summed E-state index contributed by atoms with van der Waals surface area (Å²) in [5.74, 6) is -0.00432. The van der Waals surface area contributed by atoms with E-state index in [1.54, 1.807) is 29.5 Å². The van der Waals surface area contributed by atoms with E-state index in [-0.39, 0.29) is 0 Å². The Bertz CT molecular complexity index is 670. The molecule has 4 nitrogen and oxygen atoms in total. The van der Waals surface area contributed by atoms with E-state index in [4.69, 9.17) is 25.8 Å². The lowest BCUT2D eigenvalue weighted by Crippen LogP contribution is -2.44. The summed E-state index contributed by atoms with van der Waals surface area (Å²) in [5, 5.41) is 2.54. The van der Waals surface area contributed by atoms with Gasteiger partial charge in [0.1, 0.15) is 11.4 Å². The highest BCUT2D eigenvalue weighted by molar-refractivity contribution is 7.10. The molecular formula is C15H13ClO4S. The third kappa shape index (κ3) is 2.41. The van der Waals surface area contributed by atoms with Gasteiger partial charge in [-0.2, -0.15) is 0 Å². The number of carbonyl (C=O) groups is 1. The first kappa shape index (κ1) is 14.4. The van der Waals surface area contributed by atoms with Crippen LogP contribution in [0.15, 0.2) is 35.7 Å². The van der Waals surface area contributed by atoms with Crippen molar-refractivity contribution in [2.75, 3.05) is 7.11 Å². The fourth-order valence-corrected chi connectivity index (χ4v) is 3.34. The molecule has 1 aromatic carbocycles. The van der Waals surface area contributed by atoms with Gasteiger partial charge in [-0.15, -0.1) is 11.3 Å². The highest BCUT2D eigenvalue weighted by Crippen LogP contribution is 2.46. The van der Waals surface area contributed by atoms with Crippen molar-refractivity contribution < 1.29 is 19.0 Å². The number of halogens is 1. The smallest absolute Gasteiger partial charge is 0.376 e. The number of hydrogen-bond acceptors (Lipinski definition) is 5. The van der Waals surface area contributed by atoms with Gasteiger partial charge in [-0.05, 0) is 36.6 Å². The number of benzene rings is 1. The molecule has 0 saturated heterocycles.